The van der Waals surface area contributed by atoms with Gasteiger partial charge in [0.15, 0.2) is 11.5 Å². The number of hydrogen-bond donors (Lipinski definition) is 1. The largest absolute Gasteiger partial charge is 0.493 e. The van der Waals surface area contributed by atoms with Crippen molar-refractivity contribution in [3.05, 3.63) is 53.7 Å². The number of nitrogens with one attached hydrogen (secondary N) is 1. The summed E-state index contributed by atoms with van der Waals surface area (Å²) in [5.41, 5.74) is -0.544. The summed E-state index contributed by atoms with van der Waals surface area (Å²) in [5.74, 6) is -5.33. The Balaban J connectivity index is 1.80. The number of benzene rings is 2. The van der Waals surface area contributed by atoms with Crippen molar-refractivity contribution in [2.24, 2.45) is 5.92 Å². The number of hydrogen-bond acceptors (Lipinski definition) is 4. The van der Waals surface area contributed by atoms with E-state index in [9.17, 15) is 4.39 Å². The molecule has 2 aromatic carbocycles. The van der Waals surface area contributed by atoms with Crippen LogP contribution < -0.4 is 19.5 Å². The molecule has 1 fully saturated rings. The number of ether oxygens (including phenoxy) is 3. The Bertz CT molecular complexity index is 1200. The van der Waals surface area contributed by atoms with E-state index in [0.717, 1.165) is 6.07 Å². The van der Waals surface area contributed by atoms with Gasteiger partial charge in [-0.25, -0.2) is 4.39 Å². The van der Waals surface area contributed by atoms with Gasteiger partial charge >= 0.3 is 0 Å². The molecule has 0 amide bonds. The van der Waals surface area contributed by atoms with Crippen LogP contribution in [-0.4, -0.2) is 26.3 Å². The second-order valence-electron chi connectivity index (χ2n) is 5.08. The molecule has 2 aliphatic rings. The Morgan fingerprint density at radius 2 is 2.12 bits per heavy atom. The van der Waals surface area contributed by atoms with Gasteiger partial charge in [0.05, 0.1) is 14.8 Å². The van der Waals surface area contributed by atoms with Crippen molar-refractivity contribution in [2.45, 2.75) is 12.3 Å². The van der Waals surface area contributed by atoms with Crippen LogP contribution in [0.25, 0.3) is 0 Å². The Kier molecular flexibility index (Phi) is 1.93. The Morgan fingerprint density at radius 3 is 3.00 bits per heavy atom. The highest BCUT2D eigenvalue weighted by Gasteiger charge is 2.27. The molecule has 0 aliphatic carbocycles. The average molecular weight is 341 g/mol. The Labute approximate surface area is 157 Å². The maximum Gasteiger partial charge on any atom is 0.231 e. The van der Waals surface area contributed by atoms with E-state index in [1.54, 1.807) is 0 Å². The summed E-state index contributed by atoms with van der Waals surface area (Å²) < 4.78 is 127. The summed E-state index contributed by atoms with van der Waals surface area (Å²) in [5, 5.41) is 2.07. The van der Waals surface area contributed by atoms with E-state index in [1.807, 2.05) is 0 Å². The van der Waals surface area contributed by atoms with Gasteiger partial charge < -0.3 is 19.5 Å². The first-order chi connectivity index (χ1) is 16.4. The molecule has 126 valence electrons. The van der Waals surface area contributed by atoms with Crippen molar-refractivity contribution in [3.63, 3.8) is 0 Å². The number of rotatable bonds is 4. The first-order valence-corrected chi connectivity index (χ1v) is 7.11. The fourth-order valence-corrected chi connectivity index (χ4v) is 2.34. The molecule has 5 heteroatoms. The summed E-state index contributed by atoms with van der Waals surface area (Å²) in [6.45, 7) is -10.7. The second kappa shape index (κ2) is 6.69. The second-order valence-corrected chi connectivity index (χ2v) is 5.08. The van der Waals surface area contributed by atoms with Gasteiger partial charge in [0, 0.05) is 24.0 Å². The molecule has 1 N–H and O–H groups in total. The monoisotopic (exact) mass is 341 g/mol. The molecule has 2 atom stereocenters. The minimum atomic E-state index is -2.97. The molecule has 0 aromatic heterocycles. The molecule has 0 saturated carbocycles. The molecule has 4 rings (SSSR count). The van der Waals surface area contributed by atoms with Gasteiger partial charge in [-0.15, -0.1) is 0 Å². The van der Waals surface area contributed by atoms with E-state index >= 15 is 0 Å². The summed E-state index contributed by atoms with van der Waals surface area (Å²) in [7, 11) is 0. The van der Waals surface area contributed by atoms with Crippen LogP contribution in [0.3, 0.4) is 0 Å². The minimum Gasteiger partial charge on any atom is -0.493 e. The topological polar surface area (TPSA) is 39.7 Å². The molecule has 0 spiro atoms. The zero-order valence-electron chi connectivity index (χ0n) is 24.2. The molecule has 0 radical (unpaired) electrons. The maximum atomic E-state index is 14.2. The minimum absolute atomic E-state index is 0.0172. The van der Waals surface area contributed by atoms with Crippen LogP contribution in [0.4, 0.5) is 4.39 Å². The van der Waals surface area contributed by atoms with Gasteiger partial charge in [0.1, 0.15) is 14.3 Å². The van der Waals surface area contributed by atoms with Crippen LogP contribution in [0.5, 0.6) is 17.2 Å². The van der Waals surface area contributed by atoms with Crippen molar-refractivity contribution >= 4 is 0 Å². The highest BCUT2D eigenvalue weighted by atomic mass is 19.1. The van der Waals surface area contributed by atoms with Crippen molar-refractivity contribution < 1.29 is 35.1 Å². The summed E-state index contributed by atoms with van der Waals surface area (Å²) in [6.07, 6.45) is -0.677. The van der Waals surface area contributed by atoms with E-state index in [2.05, 4.69) is 5.32 Å². The van der Waals surface area contributed by atoms with Crippen molar-refractivity contribution in [2.75, 3.05) is 26.3 Å². The summed E-state index contributed by atoms with van der Waals surface area (Å²) in [6, 6.07) is -0.262. The zero-order chi connectivity index (χ0) is 27.0. The van der Waals surface area contributed by atoms with Crippen LogP contribution >= 0.6 is 0 Å². The van der Waals surface area contributed by atoms with Crippen LogP contribution in [-0.2, 0) is 0 Å². The highest BCUT2D eigenvalue weighted by Crippen LogP contribution is 2.36. The quantitative estimate of drug-likeness (QED) is 0.926. The van der Waals surface area contributed by atoms with Crippen LogP contribution in [0.1, 0.15) is 34.4 Å². The normalized spacial score (nSPS) is 36.5. The molecule has 4 nitrogen and oxygen atoms in total. The van der Waals surface area contributed by atoms with E-state index in [1.165, 1.54) is 12.1 Å². The molecule has 0 bridgehead atoms. The third-order valence-corrected chi connectivity index (χ3v) is 3.55. The van der Waals surface area contributed by atoms with Crippen molar-refractivity contribution in [1.29, 1.82) is 0 Å². The fourth-order valence-electron chi connectivity index (χ4n) is 2.34. The molecule has 2 aromatic rings. The van der Waals surface area contributed by atoms with E-state index in [4.69, 9.17) is 30.7 Å². The summed E-state index contributed by atoms with van der Waals surface area (Å²) >= 11 is 0. The molecular formula is C19H20FNO3. The standard InChI is InChI=1S/C19H20FNO3/c20-15-3-1-13(2-4-15)17-7-8-21-10-14(17)11-22-16-5-6-18-19(9-16)24-12-23-18/h1-6,9,14,17,21H,7-8,10-12H2/t14?,17-/m0/s1/i1D,2D,3D,4D,8D2,10D2,11D2,12D2. The Hall–Kier alpha value is -2.27. The van der Waals surface area contributed by atoms with Crippen LogP contribution in [0, 0.1) is 11.7 Å². The van der Waals surface area contributed by atoms with Crippen LogP contribution in [0.2, 0.25) is 0 Å². The van der Waals surface area contributed by atoms with Gasteiger partial charge in [-0.2, -0.15) is 0 Å². The first-order valence-electron chi connectivity index (χ1n) is 13.1. The number of halogens is 1. The molecule has 1 saturated heterocycles. The lowest BCUT2D eigenvalue weighted by Crippen LogP contribution is -2.38. The summed E-state index contributed by atoms with van der Waals surface area (Å²) in [4.78, 5) is 0. The third kappa shape index (κ3) is 3.17. The first kappa shape index (κ1) is 6.92. The molecule has 24 heavy (non-hydrogen) atoms. The zero-order valence-corrected chi connectivity index (χ0v) is 12.2. The third-order valence-electron chi connectivity index (χ3n) is 3.55. The smallest absolute Gasteiger partial charge is 0.231 e. The predicted molar refractivity (Wildman–Crippen MR) is 88.2 cm³/mol. The SMILES string of the molecule is [2H]c1c([2H])c([C@@H]2CC([2H])([2H])NC([2H])([2H])C2C([2H])([2H])Oc2ccc3c(c2)OC([2H])([2H])O3)c([2H])c([2H])c1F. The van der Waals surface area contributed by atoms with Crippen molar-refractivity contribution in [1.82, 2.24) is 5.32 Å². The van der Waals surface area contributed by atoms with Crippen molar-refractivity contribution in [3.8, 4) is 17.2 Å². The molecule has 1 unspecified atom stereocenters. The van der Waals surface area contributed by atoms with Gasteiger partial charge in [0.25, 0.3) is 0 Å². The van der Waals surface area contributed by atoms with E-state index in [0.29, 0.717) is 0 Å². The molecule has 2 aliphatic heterocycles. The lowest BCUT2D eigenvalue weighted by molar-refractivity contribution is 0.173. The van der Waals surface area contributed by atoms with E-state index in [-0.39, 0.29) is 17.2 Å². The Morgan fingerprint density at radius 1 is 1.29 bits per heavy atom. The van der Waals surface area contributed by atoms with Gasteiger partial charge in [-0.1, -0.05) is 12.1 Å². The van der Waals surface area contributed by atoms with Gasteiger partial charge in [-0.05, 0) is 48.6 Å². The number of fused-ring (bicyclic) bond motifs is 1. The molecular weight excluding hydrogens is 309 g/mol. The molecule has 2 heterocycles. The predicted octanol–water partition coefficient (Wildman–Crippen LogP) is 3.33. The fraction of sp³-hybridized carbons (Fsp3) is 0.368. The van der Waals surface area contributed by atoms with Gasteiger partial charge in [-0.3, -0.25) is 0 Å². The highest BCUT2D eigenvalue weighted by molar-refractivity contribution is 5.46. The average Bonchev–Trinajstić information content (AvgIpc) is 3.01. The lowest BCUT2D eigenvalue weighted by Gasteiger charge is -2.32. The lowest BCUT2D eigenvalue weighted by atomic mass is 9.81. The maximum absolute atomic E-state index is 14.2. The number of piperidine rings is 1. The van der Waals surface area contributed by atoms with E-state index < -0.39 is 80.1 Å². The van der Waals surface area contributed by atoms with Gasteiger partial charge in [0.2, 0.25) is 6.75 Å². The van der Waals surface area contributed by atoms with Crippen LogP contribution in [0.15, 0.2) is 42.4 Å².